The number of hydrogen-bond acceptors (Lipinski definition) is 13. The van der Waals surface area contributed by atoms with Crippen LogP contribution in [0.3, 0.4) is 0 Å². The number of aliphatic hydroxyl groups excluding tert-OH is 8. The third-order valence-corrected chi connectivity index (χ3v) is 20.5. The molecule has 1 amide bonds. The number of carbonyl (C=O) groups excluding carboxylic acids is 1. The minimum atomic E-state index is -1.79. The van der Waals surface area contributed by atoms with Gasteiger partial charge in [-0.05, 0) is 83.5 Å². The van der Waals surface area contributed by atoms with Crippen LogP contribution < -0.4 is 5.32 Å². The number of rotatable bonds is 72. The van der Waals surface area contributed by atoms with Crippen LogP contribution in [0.5, 0.6) is 0 Å². The first-order valence-corrected chi connectivity index (χ1v) is 43.1. The van der Waals surface area contributed by atoms with Crippen molar-refractivity contribution in [1.29, 1.82) is 0 Å². The smallest absolute Gasteiger partial charge is 0.220 e. The average Bonchev–Trinajstić information content (AvgIpc) is 0.791. The molecule has 2 saturated heterocycles. The lowest BCUT2D eigenvalue weighted by molar-refractivity contribution is -0.359. The molecule has 2 heterocycles. The van der Waals surface area contributed by atoms with E-state index < -0.39 is 86.8 Å². The Labute approximate surface area is 636 Å². The number of nitrogens with one attached hydrogen (secondary N) is 1. The molecule has 602 valence electrons. The summed E-state index contributed by atoms with van der Waals surface area (Å²) in [6.45, 7) is 2.79. The van der Waals surface area contributed by atoms with Gasteiger partial charge in [-0.2, -0.15) is 0 Å². The maximum absolute atomic E-state index is 13.4. The van der Waals surface area contributed by atoms with Crippen molar-refractivity contribution in [1.82, 2.24) is 5.32 Å². The maximum Gasteiger partial charge on any atom is 0.220 e. The largest absolute Gasteiger partial charge is 0.394 e. The fraction of sp³-hybridized carbons (Fsp3) is 0.789. The average molecular weight is 1460 g/mol. The maximum atomic E-state index is 13.4. The van der Waals surface area contributed by atoms with Crippen molar-refractivity contribution in [2.45, 2.75) is 434 Å². The first kappa shape index (κ1) is 96.7. The van der Waals surface area contributed by atoms with Gasteiger partial charge in [-0.15, -0.1) is 0 Å². The second-order valence-corrected chi connectivity index (χ2v) is 29.9. The molecule has 0 saturated carbocycles. The molecule has 9 N–H and O–H groups in total. The Balaban J connectivity index is 1.59. The number of hydrogen-bond donors (Lipinski definition) is 9. The number of aliphatic hydroxyl groups is 8. The standard InChI is InChI=1S/C90H159NO13/c1-3-5-7-9-11-13-15-17-19-21-23-25-27-29-31-33-35-36-37-38-39-40-41-42-44-46-48-50-52-54-56-58-60-62-64-66-68-70-72-74-82(95)91-78(77-101-89-87(100)85(98)88(81(76-93)103-89)104-90-86(99)84(97)83(96)80(75-92)102-90)79(94)73-71-69-67-65-63-61-59-57-55-53-51-49-47-45-43-34-32-30-28-26-24-22-20-18-16-14-12-10-8-6-4-2/h5,7,11,13,17,19,23,25,29,31,35-36,38-39,41-42,46,48,78-81,83-90,92-94,96-100H,3-4,6,8-10,12,14-16,18,20-22,24,26-28,30,32-34,37,40,43-45,47,49-77H2,1-2H3,(H,91,95)/b7-5-,13-11-,19-17-,25-23-,31-29-,36-35-,39-38-,42-41-,48-46-. The Morgan fingerprint density at radius 2 is 0.663 bits per heavy atom. The molecular weight excluding hydrogens is 1300 g/mol. The highest BCUT2D eigenvalue weighted by molar-refractivity contribution is 5.76. The van der Waals surface area contributed by atoms with Crippen molar-refractivity contribution in [2.24, 2.45) is 0 Å². The molecule has 14 heteroatoms. The number of unbranched alkanes of at least 4 members (excludes halogenated alkanes) is 41. The predicted molar refractivity (Wildman–Crippen MR) is 433 cm³/mol. The molecule has 12 unspecified atom stereocenters. The number of allylic oxidation sites excluding steroid dienone is 18. The zero-order chi connectivity index (χ0) is 75.1. The quantitative estimate of drug-likeness (QED) is 0.0204. The second kappa shape index (κ2) is 72.5. The molecule has 2 fully saturated rings. The Morgan fingerprint density at radius 3 is 1.02 bits per heavy atom. The zero-order valence-corrected chi connectivity index (χ0v) is 66.2. The fourth-order valence-corrected chi connectivity index (χ4v) is 13.8. The van der Waals surface area contributed by atoms with Crippen LogP contribution in [-0.4, -0.2) is 140 Å². The van der Waals surface area contributed by atoms with Crippen LogP contribution in [0, 0.1) is 0 Å². The van der Waals surface area contributed by atoms with Crippen LogP contribution in [-0.2, 0) is 23.7 Å². The summed E-state index contributed by atoms with van der Waals surface area (Å²) in [7, 11) is 0. The van der Waals surface area contributed by atoms with Crippen LogP contribution in [0.1, 0.15) is 361 Å². The van der Waals surface area contributed by atoms with Gasteiger partial charge in [0.1, 0.15) is 48.8 Å². The molecule has 2 aliphatic rings. The molecule has 2 aliphatic heterocycles. The van der Waals surface area contributed by atoms with Gasteiger partial charge < -0.3 is 65.1 Å². The van der Waals surface area contributed by atoms with E-state index in [9.17, 15) is 45.6 Å². The van der Waals surface area contributed by atoms with E-state index in [1.54, 1.807) is 0 Å². The van der Waals surface area contributed by atoms with Crippen molar-refractivity contribution in [3.8, 4) is 0 Å². The molecule has 14 nitrogen and oxygen atoms in total. The van der Waals surface area contributed by atoms with Crippen LogP contribution in [0.15, 0.2) is 109 Å². The van der Waals surface area contributed by atoms with Gasteiger partial charge in [0, 0.05) is 6.42 Å². The number of ether oxygens (including phenoxy) is 4. The normalized spacial score (nSPS) is 22.0. The molecule has 0 aliphatic carbocycles. The van der Waals surface area contributed by atoms with Crippen molar-refractivity contribution >= 4 is 5.91 Å². The molecule has 12 atom stereocenters. The third-order valence-electron chi connectivity index (χ3n) is 20.5. The third kappa shape index (κ3) is 54.3. The van der Waals surface area contributed by atoms with Gasteiger partial charge in [0.25, 0.3) is 0 Å². The summed E-state index contributed by atoms with van der Waals surface area (Å²) < 4.78 is 23.0. The Kier molecular flexibility index (Phi) is 67.4. The summed E-state index contributed by atoms with van der Waals surface area (Å²) in [5.41, 5.74) is 0. The first-order chi connectivity index (χ1) is 51.1. The van der Waals surface area contributed by atoms with Crippen molar-refractivity contribution in [3.63, 3.8) is 0 Å². The molecule has 104 heavy (non-hydrogen) atoms. The second-order valence-electron chi connectivity index (χ2n) is 29.9. The Bertz CT molecular complexity index is 2170. The van der Waals surface area contributed by atoms with Crippen LogP contribution in [0.4, 0.5) is 0 Å². The summed E-state index contributed by atoms with van der Waals surface area (Å²) >= 11 is 0. The summed E-state index contributed by atoms with van der Waals surface area (Å²) in [4.78, 5) is 13.4. The van der Waals surface area contributed by atoms with E-state index in [-0.39, 0.29) is 12.5 Å². The van der Waals surface area contributed by atoms with E-state index >= 15 is 0 Å². The van der Waals surface area contributed by atoms with Gasteiger partial charge in [0.05, 0.1) is 32.0 Å². The minimum Gasteiger partial charge on any atom is -0.394 e. The SMILES string of the molecule is CC/C=C\C/C=C\C/C=C\C/C=C\C/C=C\C/C=C\C/C=C\C/C=C\C/C=C\CCCCCCCCCCCCCC(=O)NC(COC1OC(CO)C(OC2OC(CO)C(O)C(O)C2O)C(O)C1O)C(O)CCCCCCCCCCCCCCCCCCCCCCCCCCCCCCCCC. The van der Waals surface area contributed by atoms with E-state index in [0.717, 1.165) is 109 Å². The molecule has 0 aromatic rings. The molecule has 0 radical (unpaired) electrons. The van der Waals surface area contributed by atoms with Gasteiger partial charge in [-0.3, -0.25) is 4.79 Å². The zero-order valence-electron chi connectivity index (χ0n) is 66.2. The summed E-state index contributed by atoms with van der Waals surface area (Å²) in [5.74, 6) is -0.209. The van der Waals surface area contributed by atoms with Crippen LogP contribution in [0.2, 0.25) is 0 Å². The minimum absolute atomic E-state index is 0.209. The fourth-order valence-electron chi connectivity index (χ4n) is 13.8. The summed E-state index contributed by atoms with van der Waals surface area (Å²) in [6, 6.07) is -0.840. The molecule has 0 spiro atoms. The lowest BCUT2D eigenvalue weighted by atomic mass is 9.97. The molecular formula is C90H159NO13. The molecule has 0 aromatic carbocycles. The lowest BCUT2D eigenvalue weighted by Crippen LogP contribution is -2.65. The van der Waals surface area contributed by atoms with Crippen LogP contribution >= 0.6 is 0 Å². The van der Waals surface area contributed by atoms with E-state index in [4.69, 9.17) is 18.9 Å². The van der Waals surface area contributed by atoms with Crippen LogP contribution in [0.25, 0.3) is 0 Å². The molecule has 2 rings (SSSR count). The molecule has 0 aromatic heterocycles. The predicted octanol–water partition coefficient (Wildman–Crippen LogP) is 20.6. The van der Waals surface area contributed by atoms with Gasteiger partial charge in [0.2, 0.25) is 5.91 Å². The lowest BCUT2D eigenvalue weighted by Gasteiger charge is -2.46. The summed E-state index contributed by atoms with van der Waals surface area (Å²) in [6.07, 6.45) is 88.5. The highest BCUT2D eigenvalue weighted by Gasteiger charge is 2.51. The van der Waals surface area contributed by atoms with Crippen molar-refractivity contribution in [2.75, 3.05) is 19.8 Å². The highest BCUT2D eigenvalue weighted by atomic mass is 16.7. The monoisotopic (exact) mass is 1460 g/mol. The van der Waals surface area contributed by atoms with E-state index in [2.05, 4.69) is 129 Å². The molecule has 0 bridgehead atoms. The number of carbonyl (C=O) groups is 1. The first-order valence-electron chi connectivity index (χ1n) is 43.1. The topological polar surface area (TPSA) is 228 Å². The van der Waals surface area contributed by atoms with E-state index in [0.29, 0.717) is 19.3 Å². The Hall–Kier alpha value is -3.35. The van der Waals surface area contributed by atoms with Crippen molar-refractivity contribution in [3.05, 3.63) is 109 Å². The van der Waals surface area contributed by atoms with Gasteiger partial charge in [0.15, 0.2) is 12.6 Å². The van der Waals surface area contributed by atoms with E-state index in [1.165, 1.54) is 218 Å². The van der Waals surface area contributed by atoms with Crippen molar-refractivity contribution < 1.29 is 64.6 Å². The van der Waals surface area contributed by atoms with Gasteiger partial charge >= 0.3 is 0 Å². The highest BCUT2D eigenvalue weighted by Crippen LogP contribution is 2.30. The van der Waals surface area contributed by atoms with E-state index in [1.807, 2.05) is 0 Å². The van der Waals surface area contributed by atoms with Gasteiger partial charge in [-0.25, -0.2) is 0 Å². The Morgan fingerprint density at radius 1 is 0.356 bits per heavy atom. The summed E-state index contributed by atoms with van der Waals surface area (Å²) in [5, 5.41) is 88.0. The van der Waals surface area contributed by atoms with Gasteiger partial charge in [-0.1, -0.05) is 380 Å². The number of amides is 1.